The van der Waals surface area contributed by atoms with Gasteiger partial charge in [0, 0.05) is 15.0 Å². The highest BCUT2D eigenvalue weighted by Gasteiger charge is 2.13. The SMILES string of the molecule is O=C(O)c1cc(O)c2cc(I)cc(O)c2n1. The molecule has 6 heteroatoms. The number of rotatable bonds is 1. The molecule has 5 nitrogen and oxygen atoms in total. The number of hydrogen-bond donors (Lipinski definition) is 3. The molecule has 0 aliphatic carbocycles. The predicted molar refractivity (Wildman–Crippen MR) is 64.7 cm³/mol. The molecule has 0 unspecified atom stereocenters. The third-order valence-electron chi connectivity index (χ3n) is 2.06. The van der Waals surface area contributed by atoms with Crippen molar-refractivity contribution in [3.8, 4) is 11.5 Å². The Morgan fingerprint density at radius 2 is 1.88 bits per heavy atom. The van der Waals surface area contributed by atoms with E-state index in [1.165, 1.54) is 6.07 Å². The second kappa shape index (κ2) is 3.78. The van der Waals surface area contributed by atoms with Crippen molar-refractivity contribution in [3.63, 3.8) is 0 Å². The van der Waals surface area contributed by atoms with Crippen molar-refractivity contribution in [2.24, 2.45) is 0 Å². The van der Waals surface area contributed by atoms with Crippen LogP contribution in [0.15, 0.2) is 18.2 Å². The minimum Gasteiger partial charge on any atom is -0.507 e. The molecule has 0 saturated carbocycles. The lowest BCUT2D eigenvalue weighted by Crippen LogP contribution is -2.00. The monoisotopic (exact) mass is 331 g/mol. The zero-order valence-electron chi connectivity index (χ0n) is 7.81. The van der Waals surface area contributed by atoms with Gasteiger partial charge < -0.3 is 15.3 Å². The lowest BCUT2D eigenvalue weighted by Gasteiger charge is -2.05. The fraction of sp³-hybridized carbons (Fsp3) is 0. The van der Waals surface area contributed by atoms with Crippen molar-refractivity contribution in [1.29, 1.82) is 0 Å². The van der Waals surface area contributed by atoms with Crippen LogP contribution in [0.4, 0.5) is 0 Å². The Labute approximate surface area is 104 Å². The van der Waals surface area contributed by atoms with E-state index in [9.17, 15) is 15.0 Å². The fourth-order valence-corrected chi connectivity index (χ4v) is 1.97. The molecular formula is C10H6INO4. The van der Waals surface area contributed by atoms with Gasteiger partial charge in [-0.2, -0.15) is 0 Å². The minimum absolute atomic E-state index is 0.0813. The quantitative estimate of drug-likeness (QED) is 0.695. The number of halogens is 1. The number of hydrogen-bond acceptors (Lipinski definition) is 4. The maximum Gasteiger partial charge on any atom is 0.354 e. The van der Waals surface area contributed by atoms with Crippen LogP contribution in [-0.4, -0.2) is 26.3 Å². The van der Waals surface area contributed by atoms with E-state index >= 15 is 0 Å². The molecule has 82 valence electrons. The third kappa shape index (κ3) is 1.75. The third-order valence-corrected chi connectivity index (χ3v) is 2.68. The van der Waals surface area contributed by atoms with Gasteiger partial charge in [0.15, 0.2) is 5.69 Å². The molecule has 2 aromatic rings. The molecule has 0 saturated heterocycles. The molecule has 1 heterocycles. The van der Waals surface area contributed by atoms with E-state index in [1.54, 1.807) is 6.07 Å². The Morgan fingerprint density at radius 1 is 1.19 bits per heavy atom. The smallest absolute Gasteiger partial charge is 0.354 e. The van der Waals surface area contributed by atoms with Crippen LogP contribution in [0.2, 0.25) is 0 Å². The summed E-state index contributed by atoms with van der Waals surface area (Å²) < 4.78 is 0.725. The van der Waals surface area contributed by atoms with E-state index in [0.29, 0.717) is 5.39 Å². The first-order valence-corrected chi connectivity index (χ1v) is 5.32. The largest absolute Gasteiger partial charge is 0.507 e. The first-order chi connectivity index (χ1) is 7.49. The Morgan fingerprint density at radius 3 is 2.50 bits per heavy atom. The van der Waals surface area contributed by atoms with Crippen LogP contribution >= 0.6 is 22.6 Å². The van der Waals surface area contributed by atoms with Gasteiger partial charge in [0.05, 0.1) is 0 Å². The Kier molecular flexibility index (Phi) is 2.58. The summed E-state index contributed by atoms with van der Waals surface area (Å²) in [6.07, 6.45) is 0. The zero-order chi connectivity index (χ0) is 11.9. The summed E-state index contributed by atoms with van der Waals surface area (Å²) in [5.74, 6) is -1.62. The molecule has 0 amide bonds. The fourth-order valence-electron chi connectivity index (χ4n) is 1.37. The number of aromatic nitrogens is 1. The van der Waals surface area contributed by atoms with E-state index in [0.717, 1.165) is 9.64 Å². The molecular weight excluding hydrogens is 325 g/mol. The average Bonchev–Trinajstić information content (AvgIpc) is 2.19. The van der Waals surface area contributed by atoms with Crippen LogP contribution in [0.1, 0.15) is 10.5 Å². The van der Waals surface area contributed by atoms with Crippen molar-refractivity contribution in [2.75, 3.05) is 0 Å². The van der Waals surface area contributed by atoms with Crippen molar-refractivity contribution in [1.82, 2.24) is 4.98 Å². The molecule has 2 rings (SSSR count). The number of nitrogens with zero attached hydrogens (tertiary/aromatic N) is 1. The van der Waals surface area contributed by atoms with Crippen molar-refractivity contribution in [3.05, 3.63) is 27.5 Å². The molecule has 1 aromatic heterocycles. The maximum absolute atomic E-state index is 10.7. The van der Waals surface area contributed by atoms with Crippen molar-refractivity contribution < 1.29 is 20.1 Å². The van der Waals surface area contributed by atoms with E-state index in [-0.39, 0.29) is 22.7 Å². The minimum atomic E-state index is -1.25. The number of aromatic hydroxyl groups is 2. The number of phenols is 1. The lowest BCUT2D eigenvalue weighted by molar-refractivity contribution is 0.0690. The Balaban J connectivity index is 2.87. The van der Waals surface area contributed by atoms with Gasteiger partial charge >= 0.3 is 5.97 Å². The molecule has 0 aliphatic heterocycles. The number of pyridine rings is 1. The highest BCUT2D eigenvalue weighted by atomic mass is 127. The number of fused-ring (bicyclic) bond motifs is 1. The normalized spacial score (nSPS) is 10.6. The topological polar surface area (TPSA) is 90.7 Å². The molecule has 0 spiro atoms. The molecule has 0 fully saturated rings. The number of carboxylic acid groups (broad SMARTS) is 1. The van der Waals surface area contributed by atoms with Crippen molar-refractivity contribution >= 4 is 39.5 Å². The molecule has 0 aliphatic rings. The van der Waals surface area contributed by atoms with E-state index in [2.05, 4.69) is 4.98 Å². The summed E-state index contributed by atoms with van der Waals surface area (Å²) >= 11 is 1.98. The molecule has 16 heavy (non-hydrogen) atoms. The van der Waals surface area contributed by atoms with Gasteiger partial charge in [-0.25, -0.2) is 9.78 Å². The van der Waals surface area contributed by atoms with Crippen LogP contribution in [0.5, 0.6) is 11.5 Å². The van der Waals surface area contributed by atoms with Crippen LogP contribution in [0.3, 0.4) is 0 Å². The van der Waals surface area contributed by atoms with E-state index in [4.69, 9.17) is 5.11 Å². The summed E-state index contributed by atoms with van der Waals surface area (Å²) in [5.41, 5.74) is -0.223. The molecule has 3 N–H and O–H groups in total. The zero-order valence-corrected chi connectivity index (χ0v) is 9.96. The molecule has 1 aromatic carbocycles. The standard InChI is InChI=1S/C10H6INO4/c11-4-1-5-7(13)3-6(10(15)16)12-9(5)8(14)2-4/h1-3,14H,(H,12,13)(H,15,16). The highest BCUT2D eigenvalue weighted by molar-refractivity contribution is 14.1. The number of aromatic carboxylic acids is 1. The molecule has 0 bridgehead atoms. The van der Waals surface area contributed by atoms with E-state index in [1.807, 2.05) is 22.6 Å². The van der Waals surface area contributed by atoms with Gasteiger partial charge in [0.2, 0.25) is 0 Å². The Bertz CT molecular complexity index is 597. The maximum atomic E-state index is 10.7. The summed E-state index contributed by atoms with van der Waals surface area (Å²) in [4.78, 5) is 14.5. The number of carbonyl (C=O) groups is 1. The summed E-state index contributed by atoms with van der Waals surface area (Å²) in [6.45, 7) is 0. The van der Waals surface area contributed by atoms with Crippen LogP contribution < -0.4 is 0 Å². The Hall–Kier alpha value is -1.57. The molecule has 0 atom stereocenters. The summed E-state index contributed by atoms with van der Waals surface area (Å²) in [5, 5.41) is 28.3. The average molecular weight is 331 g/mol. The summed E-state index contributed by atoms with van der Waals surface area (Å²) in [6, 6.07) is 4.12. The second-order valence-electron chi connectivity index (χ2n) is 3.15. The highest BCUT2D eigenvalue weighted by Crippen LogP contribution is 2.32. The molecule has 0 radical (unpaired) electrons. The van der Waals surface area contributed by atoms with Gasteiger partial charge in [0.1, 0.15) is 17.0 Å². The number of carboxylic acids is 1. The lowest BCUT2D eigenvalue weighted by atomic mass is 10.1. The predicted octanol–water partition coefficient (Wildman–Crippen LogP) is 1.95. The van der Waals surface area contributed by atoms with Crippen molar-refractivity contribution in [2.45, 2.75) is 0 Å². The van der Waals surface area contributed by atoms with Crippen LogP contribution in [0.25, 0.3) is 10.9 Å². The second-order valence-corrected chi connectivity index (χ2v) is 4.40. The van der Waals surface area contributed by atoms with E-state index < -0.39 is 5.97 Å². The first-order valence-electron chi connectivity index (χ1n) is 4.24. The van der Waals surface area contributed by atoms with Gasteiger partial charge in [-0.3, -0.25) is 0 Å². The summed E-state index contributed by atoms with van der Waals surface area (Å²) in [7, 11) is 0. The van der Waals surface area contributed by atoms with Gasteiger partial charge in [-0.05, 0) is 34.7 Å². The van der Waals surface area contributed by atoms with Crippen LogP contribution in [-0.2, 0) is 0 Å². The van der Waals surface area contributed by atoms with Gasteiger partial charge in [-0.15, -0.1) is 0 Å². The number of benzene rings is 1. The first kappa shape index (κ1) is 10.9. The van der Waals surface area contributed by atoms with Gasteiger partial charge in [0.25, 0.3) is 0 Å². The van der Waals surface area contributed by atoms with Crippen LogP contribution in [0, 0.1) is 3.57 Å². The van der Waals surface area contributed by atoms with Gasteiger partial charge in [-0.1, -0.05) is 0 Å². The number of phenolic OH excluding ortho intramolecular Hbond substituents is 1.